The highest BCUT2D eigenvalue weighted by molar-refractivity contribution is 6.34. The van der Waals surface area contributed by atoms with E-state index in [0.717, 1.165) is 12.8 Å². The van der Waals surface area contributed by atoms with Crippen LogP contribution < -0.4 is 15.9 Å². The minimum absolute atomic E-state index is 0.0624. The van der Waals surface area contributed by atoms with Gasteiger partial charge >= 0.3 is 0 Å². The van der Waals surface area contributed by atoms with Gasteiger partial charge in [0, 0.05) is 30.1 Å². The molecule has 4 aromatic rings. The molecule has 0 atom stereocenters. The van der Waals surface area contributed by atoms with Crippen molar-refractivity contribution in [1.82, 2.24) is 14.8 Å². The molecule has 2 heterocycles. The first kappa shape index (κ1) is 22.7. The third-order valence-corrected chi connectivity index (χ3v) is 6.12. The summed E-state index contributed by atoms with van der Waals surface area (Å²) in [5, 5.41) is 8.33. The number of nitrogens with two attached hydrogens (primary N) is 1. The van der Waals surface area contributed by atoms with E-state index in [-0.39, 0.29) is 34.7 Å². The lowest BCUT2D eigenvalue weighted by Crippen LogP contribution is -2.21. The Kier molecular flexibility index (Phi) is 6.05. The van der Waals surface area contributed by atoms with Gasteiger partial charge in [-0.1, -0.05) is 29.8 Å². The lowest BCUT2D eigenvalue weighted by atomic mass is 10.0. The van der Waals surface area contributed by atoms with Gasteiger partial charge in [0.05, 0.1) is 23.4 Å². The average molecular weight is 491 g/mol. The Morgan fingerprint density at radius 3 is 2.54 bits per heavy atom. The second kappa shape index (κ2) is 9.31. The zero-order valence-electron chi connectivity index (χ0n) is 18.4. The van der Waals surface area contributed by atoms with Crippen LogP contribution in [0.5, 0.6) is 11.6 Å². The molecule has 1 aliphatic rings. The van der Waals surface area contributed by atoms with E-state index in [1.54, 1.807) is 42.7 Å². The smallest absolute Gasteiger partial charge is 0.238 e. The van der Waals surface area contributed by atoms with Gasteiger partial charge in [-0.15, -0.1) is 5.10 Å². The number of aromatic nitrogens is 3. The summed E-state index contributed by atoms with van der Waals surface area (Å²) in [4.78, 5) is 26.3. The maximum Gasteiger partial charge on any atom is 0.238 e. The van der Waals surface area contributed by atoms with E-state index < -0.39 is 11.2 Å². The molecule has 0 aliphatic heterocycles. The molecule has 0 bridgehead atoms. The van der Waals surface area contributed by atoms with Crippen molar-refractivity contribution in [1.29, 1.82) is 0 Å². The summed E-state index contributed by atoms with van der Waals surface area (Å²) in [5.41, 5.74) is 7.11. The molecule has 0 radical (unpaired) electrons. The Bertz CT molecular complexity index is 1470. The van der Waals surface area contributed by atoms with Gasteiger partial charge in [-0.05, 0) is 48.7 Å². The van der Waals surface area contributed by atoms with E-state index in [1.807, 2.05) is 4.57 Å². The van der Waals surface area contributed by atoms with Gasteiger partial charge in [-0.25, -0.2) is 4.39 Å². The van der Waals surface area contributed by atoms with Crippen molar-refractivity contribution in [2.45, 2.75) is 25.3 Å². The average Bonchev–Trinajstić information content (AvgIpc) is 3.70. The lowest BCUT2D eigenvalue weighted by Gasteiger charge is -2.11. The number of ether oxygens (including phenoxy) is 1. The van der Waals surface area contributed by atoms with Crippen LogP contribution in [-0.4, -0.2) is 20.5 Å². The van der Waals surface area contributed by atoms with E-state index in [9.17, 15) is 14.0 Å². The Labute approximate surface area is 205 Å². The SMILES string of the molecule is Nc1cccc(Oc2ccc(CC(=O)c3cn(C4CC4)cc(-c4ccc(F)cc4)c3=O)nn2)c1Cl. The number of halogens is 2. The molecular formula is C26H20ClFN4O3. The molecular weight excluding hydrogens is 471 g/mol. The zero-order chi connectivity index (χ0) is 24.5. The molecule has 176 valence electrons. The number of carbonyl (C=O) groups excluding carboxylic acids is 1. The summed E-state index contributed by atoms with van der Waals surface area (Å²) in [5.74, 6) is -0.256. The van der Waals surface area contributed by atoms with Crippen LogP contribution in [0.15, 0.2) is 71.8 Å². The zero-order valence-corrected chi connectivity index (χ0v) is 19.2. The van der Waals surface area contributed by atoms with Crippen molar-refractivity contribution in [3.63, 3.8) is 0 Å². The number of pyridine rings is 1. The molecule has 7 nitrogen and oxygen atoms in total. The molecule has 1 saturated carbocycles. The van der Waals surface area contributed by atoms with Crippen LogP contribution in [0.3, 0.4) is 0 Å². The minimum atomic E-state index is -0.400. The number of benzene rings is 2. The monoisotopic (exact) mass is 490 g/mol. The first-order chi connectivity index (χ1) is 16.9. The summed E-state index contributed by atoms with van der Waals surface area (Å²) in [6, 6.07) is 14.1. The maximum absolute atomic E-state index is 13.4. The largest absolute Gasteiger partial charge is 0.436 e. The van der Waals surface area contributed by atoms with Crippen LogP contribution in [0.25, 0.3) is 11.1 Å². The van der Waals surface area contributed by atoms with Gasteiger partial charge in [0.15, 0.2) is 11.2 Å². The van der Waals surface area contributed by atoms with Gasteiger partial charge in [-0.3, -0.25) is 9.59 Å². The molecule has 5 rings (SSSR count). The van der Waals surface area contributed by atoms with Crippen molar-refractivity contribution in [2.75, 3.05) is 5.73 Å². The van der Waals surface area contributed by atoms with E-state index in [1.165, 1.54) is 24.3 Å². The Morgan fingerprint density at radius 2 is 1.86 bits per heavy atom. The number of nitrogens with zero attached hydrogens (tertiary/aromatic N) is 3. The van der Waals surface area contributed by atoms with E-state index in [4.69, 9.17) is 22.1 Å². The number of rotatable bonds is 7. The molecule has 2 aromatic heterocycles. The van der Waals surface area contributed by atoms with E-state index in [2.05, 4.69) is 10.2 Å². The molecule has 0 amide bonds. The van der Waals surface area contributed by atoms with Gasteiger partial charge in [0.2, 0.25) is 5.88 Å². The fraction of sp³-hybridized carbons (Fsp3) is 0.154. The molecule has 0 unspecified atom stereocenters. The van der Waals surface area contributed by atoms with Gasteiger partial charge < -0.3 is 15.0 Å². The predicted octanol–water partition coefficient (Wildman–Crippen LogP) is 5.23. The topological polar surface area (TPSA) is 100 Å². The van der Waals surface area contributed by atoms with Crippen molar-refractivity contribution < 1.29 is 13.9 Å². The fourth-order valence-electron chi connectivity index (χ4n) is 3.69. The number of carbonyl (C=O) groups is 1. The fourth-order valence-corrected chi connectivity index (χ4v) is 3.85. The van der Waals surface area contributed by atoms with Crippen molar-refractivity contribution in [3.8, 4) is 22.8 Å². The highest BCUT2D eigenvalue weighted by Crippen LogP contribution is 2.35. The van der Waals surface area contributed by atoms with E-state index >= 15 is 0 Å². The molecule has 2 N–H and O–H groups in total. The Balaban J connectivity index is 1.39. The molecule has 0 saturated heterocycles. The summed E-state index contributed by atoms with van der Waals surface area (Å²) < 4.78 is 20.9. The normalized spacial score (nSPS) is 13.0. The second-order valence-corrected chi connectivity index (χ2v) is 8.70. The van der Waals surface area contributed by atoms with Crippen LogP contribution in [0.1, 0.15) is 34.9 Å². The summed E-state index contributed by atoms with van der Waals surface area (Å²) in [7, 11) is 0. The highest BCUT2D eigenvalue weighted by atomic mass is 35.5. The third kappa shape index (κ3) is 4.93. The third-order valence-electron chi connectivity index (χ3n) is 5.71. The summed E-state index contributed by atoms with van der Waals surface area (Å²) >= 11 is 6.14. The quantitative estimate of drug-likeness (QED) is 0.281. The molecule has 2 aromatic carbocycles. The molecule has 9 heteroatoms. The van der Waals surface area contributed by atoms with Crippen LogP contribution >= 0.6 is 11.6 Å². The van der Waals surface area contributed by atoms with Gasteiger partial charge in [0.1, 0.15) is 16.6 Å². The second-order valence-electron chi connectivity index (χ2n) is 8.32. The number of anilines is 1. The first-order valence-corrected chi connectivity index (χ1v) is 11.4. The van der Waals surface area contributed by atoms with Crippen LogP contribution in [-0.2, 0) is 6.42 Å². The Morgan fingerprint density at radius 1 is 1.09 bits per heavy atom. The Hall–Kier alpha value is -4.04. The predicted molar refractivity (Wildman–Crippen MR) is 130 cm³/mol. The first-order valence-electron chi connectivity index (χ1n) is 11.0. The lowest BCUT2D eigenvalue weighted by molar-refractivity contribution is 0.0990. The van der Waals surface area contributed by atoms with Gasteiger partial charge in [-0.2, -0.15) is 5.10 Å². The van der Waals surface area contributed by atoms with Crippen LogP contribution in [0.4, 0.5) is 10.1 Å². The van der Waals surface area contributed by atoms with Crippen molar-refractivity contribution in [2.24, 2.45) is 0 Å². The number of nitrogen functional groups attached to an aromatic ring is 1. The molecule has 0 spiro atoms. The minimum Gasteiger partial charge on any atom is -0.436 e. The number of ketones is 1. The number of hydrogen-bond acceptors (Lipinski definition) is 6. The molecule has 1 fully saturated rings. The summed E-state index contributed by atoms with van der Waals surface area (Å²) in [6.45, 7) is 0. The van der Waals surface area contributed by atoms with Crippen LogP contribution in [0.2, 0.25) is 5.02 Å². The van der Waals surface area contributed by atoms with E-state index in [0.29, 0.717) is 28.3 Å². The van der Waals surface area contributed by atoms with Crippen molar-refractivity contribution in [3.05, 3.63) is 99.3 Å². The summed E-state index contributed by atoms with van der Waals surface area (Å²) in [6.07, 6.45) is 5.17. The van der Waals surface area contributed by atoms with Crippen molar-refractivity contribution >= 4 is 23.1 Å². The number of Topliss-reactive ketones (excluding diaryl/α,β-unsaturated/α-hetero) is 1. The molecule has 1 aliphatic carbocycles. The standard InChI is InChI=1S/C26H20ClFN4O3/c27-25-21(29)2-1-3-23(25)35-24-11-8-17(30-31-24)12-22(33)20-14-32(18-9-10-18)13-19(26(20)34)15-4-6-16(28)7-5-15/h1-8,11,13-14,18H,9-10,12,29H2. The number of hydrogen-bond donors (Lipinski definition) is 1. The maximum atomic E-state index is 13.4. The molecule has 35 heavy (non-hydrogen) atoms. The van der Waals surface area contributed by atoms with Gasteiger partial charge in [0.25, 0.3) is 0 Å². The van der Waals surface area contributed by atoms with Crippen LogP contribution in [0, 0.1) is 5.82 Å². The highest BCUT2D eigenvalue weighted by Gasteiger charge is 2.26.